The third-order valence-electron chi connectivity index (χ3n) is 17.4. The first kappa shape index (κ1) is 67.2. The van der Waals surface area contributed by atoms with Gasteiger partial charge in [-0.3, -0.25) is 116 Å². The molecule has 16 amide bonds. The number of carbonyl (C=O) groups is 16. The van der Waals surface area contributed by atoms with Gasteiger partial charge in [0.15, 0.2) is 0 Å². The number of likely N-dealkylation sites (N-methyl/N-ethyl adjacent to an activating group) is 2. The Labute approximate surface area is 529 Å². The first-order valence-corrected chi connectivity index (χ1v) is 29.6. The molecule has 10 aliphatic rings. The molecule has 24 nitrogen and oxygen atoms in total. The zero-order valence-corrected chi connectivity index (χ0v) is 52.3. The van der Waals surface area contributed by atoms with E-state index in [1.807, 2.05) is 48.5 Å². The minimum absolute atomic E-state index is 0.0243. The second kappa shape index (κ2) is 27.9. The molecule has 0 spiro atoms. The number of imide groups is 8. The fourth-order valence-electron chi connectivity index (χ4n) is 11.9. The van der Waals surface area contributed by atoms with Crippen LogP contribution in [0.15, 0.2) is 121 Å². The summed E-state index contributed by atoms with van der Waals surface area (Å²) in [6, 6.07) is 29.1. The minimum atomic E-state index is -0.241. The van der Waals surface area contributed by atoms with Crippen LogP contribution in [-0.2, 0) is 47.9 Å². The standard InChI is InChI=1S/2C13H9NO2.C9H13NO2.C9H7NO2.C8H11NO2.C6H7NO2.C5H7NO2.C5H5NO2/c1-14-12(15)9-6-2-4-8-5-3-7-10(11(8)9)13(14)16;1-14-12(15)10-6-8-4-2-3-5-9(8)7-11(10)13(14)16;2*1-10-8(11)6-4-2-3-5-7(6)9(10)12;1-9-7(10)5-3-2-4-6(5)8(9)11;1-4-3-5(8)7(2)6(4)9;2*1-6-4(7)2-3-5(6)8/h2*2-7H,1H3;6-7H,2-5H2,1H3;2-5H,1H3;5-6H,2-4H2,1H3;3H,1-2H3;2-3H2,1H3;2-3H,1H3. The molecule has 4 unspecified atom stereocenters. The maximum Gasteiger partial charge on any atom is 0.261 e. The monoisotopic (exact) mass is 1250 g/mol. The van der Waals surface area contributed by atoms with Gasteiger partial charge in [0.25, 0.3) is 59.1 Å². The van der Waals surface area contributed by atoms with E-state index < -0.39 is 0 Å². The predicted octanol–water partition coefficient (Wildman–Crippen LogP) is 5.47. The summed E-state index contributed by atoms with van der Waals surface area (Å²) in [5, 5.41) is 3.68. The van der Waals surface area contributed by atoms with Crippen molar-refractivity contribution in [3.05, 3.63) is 154 Å². The van der Waals surface area contributed by atoms with Crippen molar-refractivity contribution < 1.29 is 76.7 Å². The van der Waals surface area contributed by atoms with E-state index in [1.165, 1.54) is 75.2 Å². The van der Waals surface area contributed by atoms with E-state index in [0.29, 0.717) is 51.8 Å². The van der Waals surface area contributed by atoms with E-state index in [1.54, 1.807) is 69.6 Å². The molecule has 0 N–H and O–H groups in total. The number of benzene rings is 5. The van der Waals surface area contributed by atoms with Gasteiger partial charge in [0.1, 0.15) is 0 Å². The van der Waals surface area contributed by atoms with E-state index >= 15 is 0 Å². The molecule has 3 saturated heterocycles. The minimum Gasteiger partial charge on any atom is -0.286 e. The van der Waals surface area contributed by atoms with Crippen LogP contribution >= 0.6 is 0 Å². The zero-order valence-electron chi connectivity index (χ0n) is 52.3. The molecule has 8 aliphatic heterocycles. The molecule has 92 heavy (non-hydrogen) atoms. The van der Waals surface area contributed by atoms with Crippen LogP contribution in [0.3, 0.4) is 0 Å². The molecule has 2 saturated carbocycles. The highest BCUT2D eigenvalue weighted by molar-refractivity contribution is 6.26. The number of carbonyl (C=O) groups excluding carboxylic acids is 16. The average molecular weight is 1250 g/mol. The third-order valence-corrected chi connectivity index (χ3v) is 17.4. The summed E-state index contributed by atoms with van der Waals surface area (Å²) in [5.41, 5.74) is 3.75. The van der Waals surface area contributed by atoms with Gasteiger partial charge >= 0.3 is 0 Å². The summed E-state index contributed by atoms with van der Waals surface area (Å²) in [7, 11) is 12.1. The van der Waals surface area contributed by atoms with Crippen LogP contribution in [0.25, 0.3) is 21.5 Å². The number of hydrogen-bond acceptors (Lipinski definition) is 16. The van der Waals surface area contributed by atoms with E-state index in [9.17, 15) is 76.7 Å². The molecule has 15 rings (SSSR count). The number of hydrogen-bond donors (Lipinski definition) is 0. The van der Waals surface area contributed by atoms with E-state index in [0.717, 1.165) is 91.0 Å². The fraction of sp³-hybridized carbons (Fsp3) is 0.324. The first-order chi connectivity index (χ1) is 43.6. The predicted molar refractivity (Wildman–Crippen MR) is 331 cm³/mol. The van der Waals surface area contributed by atoms with Gasteiger partial charge in [-0.2, -0.15) is 0 Å². The summed E-state index contributed by atoms with van der Waals surface area (Å²) >= 11 is 0. The second-order valence-electron chi connectivity index (χ2n) is 23.1. The Morgan fingerprint density at radius 2 is 0.630 bits per heavy atom. The van der Waals surface area contributed by atoms with Crippen molar-refractivity contribution in [2.45, 2.75) is 64.7 Å². The highest BCUT2D eigenvalue weighted by atomic mass is 16.2. The maximum absolute atomic E-state index is 11.9. The summed E-state index contributed by atoms with van der Waals surface area (Å²) in [6.45, 7) is 1.63. The lowest BCUT2D eigenvalue weighted by molar-refractivity contribution is -0.140. The highest BCUT2D eigenvalue weighted by Gasteiger charge is 2.48. The van der Waals surface area contributed by atoms with Crippen LogP contribution in [-0.4, -0.2) is 190 Å². The van der Waals surface area contributed by atoms with Gasteiger partial charge in [0.05, 0.1) is 45.9 Å². The largest absolute Gasteiger partial charge is 0.286 e. The molecule has 476 valence electrons. The maximum atomic E-state index is 11.9. The van der Waals surface area contributed by atoms with E-state index in [4.69, 9.17) is 0 Å². The van der Waals surface area contributed by atoms with Gasteiger partial charge < -0.3 is 0 Å². The quantitative estimate of drug-likeness (QED) is 0.174. The Hall–Kier alpha value is -10.8. The van der Waals surface area contributed by atoms with Gasteiger partial charge in [-0.05, 0) is 85.2 Å². The average Bonchev–Trinajstić information content (AvgIpc) is 1.21. The molecule has 0 radical (unpaired) electrons. The van der Waals surface area contributed by atoms with Crippen molar-refractivity contribution in [1.82, 2.24) is 39.2 Å². The molecular weight excluding hydrogens is 1180 g/mol. The number of rotatable bonds is 0. The van der Waals surface area contributed by atoms with Crippen molar-refractivity contribution in [2.24, 2.45) is 23.7 Å². The van der Waals surface area contributed by atoms with Crippen molar-refractivity contribution in [3.63, 3.8) is 0 Å². The van der Waals surface area contributed by atoms with Crippen molar-refractivity contribution >= 4 is 116 Å². The number of nitrogens with zero attached hydrogens (tertiary/aromatic N) is 8. The lowest BCUT2D eigenvalue weighted by atomic mass is 9.81. The van der Waals surface area contributed by atoms with Crippen LogP contribution in [0.1, 0.15) is 127 Å². The van der Waals surface area contributed by atoms with E-state index in [-0.39, 0.29) is 118 Å². The second-order valence-corrected chi connectivity index (χ2v) is 23.1. The molecule has 5 aromatic rings. The highest BCUT2D eigenvalue weighted by Crippen LogP contribution is 2.39. The van der Waals surface area contributed by atoms with Gasteiger partial charge in [-0.25, -0.2) is 0 Å². The van der Waals surface area contributed by atoms with Gasteiger partial charge in [-0.1, -0.05) is 79.9 Å². The van der Waals surface area contributed by atoms with Gasteiger partial charge in [0, 0.05) is 110 Å². The Bertz CT molecular complexity index is 3870. The smallest absolute Gasteiger partial charge is 0.261 e. The normalized spacial score (nSPS) is 21.3. The molecular formula is C68H68N8O16. The van der Waals surface area contributed by atoms with Crippen LogP contribution in [0.4, 0.5) is 0 Å². The first-order valence-electron chi connectivity index (χ1n) is 29.6. The fourth-order valence-corrected chi connectivity index (χ4v) is 11.9. The molecule has 8 heterocycles. The van der Waals surface area contributed by atoms with Crippen LogP contribution in [0, 0.1) is 23.7 Å². The SMILES string of the molecule is CC1=CC(=O)N(C)C1=O.CN1C(=O)C2CCCC2C1=O.CN1C(=O)C2CCCCC2C1=O.CN1C(=O)C=CC1=O.CN1C(=O)CCC1=O.CN1C(=O)c2cc3ccccc3cc2C1=O.CN1C(=O)c2cccc3cccc(c23)C1=O.CN1C(=O)c2ccccc2C1=O. The van der Waals surface area contributed by atoms with Crippen LogP contribution in [0.5, 0.6) is 0 Å². The molecule has 0 aromatic heterocycles. The molecule has 5 fully saturated rings. The lowest BCUT2D eigenvalue weighted by Gasteiger charge is -2.23. The Morgan fingerprint density at radius 3 is 0.935 bits per heavy atom. The van der Waals surface area contributed by atoms with Crippen LogP contribution in [0.2, 0.25) is 0 Å². The Balaban J connectivity index is 0.000000137. The summed E-state index contributed by atoms with van der Waals surface area (Å²) in [4.78, 5) is 188. The molecule has 4 atom stereocenters. The van der Waals surface area contributed by atoms with Crippen molar-refractivity contribution in [2.75, 3.05) is 56.4 Å². The molecule has 0 bridgehead atoms. The zero-order chi connectivity index (χ0) is 67.3. The number of fused-ring (bicyclic) bond motifs is 5. The van der Waals surface area contributed by atoms with Gasteiger partial charge in [0.2, 0.25) is 35.4 Å². The topological polar surface area (TPSA) is 299 Å². The lowest BCUT2D eigenvalue weighted by Crippen LogP contribution is -2.36. The van der Waals surface area contributed by atoms with Gasteiger partial charge in [-0.15, -0.1) is 0 Å². The molecule has 5 aromatic carbocycles. The number of amides is 16. The Kier molecular flexibility index (Phi) is 20.4. The summed E-state index contributed by atoms with van der Waals surface area (Å²) < 4.78 is 0. The molecule has 24 heteroatoms. The Morgan fingerprint density at radius 1 is 0.304 bits per heavy atom. The summed E-state index contributed by atoms with van der Waals surface area (Å²) in [6.07, 6.45) is 11.6. The number of likely N-dealkylation sites (tertiary alicyclic amines) is 3. The third kappa shape index (κ3) is 13.4. The molecule has 2 aliphatic carbocycles. The van der Waals surface area contributed by atoms with Crippen LogP contribution < -0.4 is 0 Å². The summed E-state index contributed by atoms with van der Waals surface area (Å²) in [5.74, 6) is -2.05. The van der Waals surface area contributed by atoms with Crippen molar-refractivity contribution in [3.8, 4) is 0 Å². The van der Waals surface area contributed by atoms with E-state index in [2.05, 4.69) is 0 Å². The van der Waals surface area contributed by atoms with Crippen molar-refractivity contribution in [1.29, 1.82) is 0 Å².